The van der Waals surface area contributed by atoms with E-state index in [0.29, 0.717) is 6.54 Å². The number of aromatic nitrogens is 2. The van der Waals surface area contributed by atoms with Crippen LogP contribution in [0.25, 0.3) is 11.0 Å². The van der Waals surface area contributed by atoms with Crippen LogP contribution in [0.5, 0.6) is 0 Å². The fraction of sp³-hybridized carbons (Fsp3) is 0.323. The number of carbonyl (C=O) groups is 2. The van der Waals surface area contributed by atoms with E-state index >= 15 is 0 Å². The lowest BCUT2D eigenvalue weighted by atomic mass is 10.0. The second kappa shape index (κ2) is 11.4. The van der Waals surface area contributed by atoms with Crippen molar-refractivity contribution in [3.05, 3.63) is 95.3 Å². The molecule has 1 aromatic heterocycles. The van der Waals surface area contributed by atoms with Crippen molar-refractivity contribution in [1.29, 1.82) is 0 Å². The number of imidazole rings is 1. The molecule has 190 valence electrons. The molecule has 5 rings (SSSR count). The molecule has 6 nitrogen and oxygen atoms in total. The number of unbranched alkanes of at least 4 members (excludes halogenated alkanes) is 2. The van der Waals surface area contributed by atoms with Gasteiger partial charge in [0, 0.05) is 30.8 Å². The zero-order chi connectivity index (χ0) is 25.6. The Morgan fingerprint density at radius 3 is 2.59 bits per heavy atom. The third-order valence-electron chi connectivity index (χ3n) is 7.19. The molecule has 0 atom stereocenters. The summed E-state index contributed by atoms with van der Waals surface area (Å²) in [4.78, 5) is 32.7. The van der Waals surface area contributed by atoms with Crippen LogP contribution < -0.4 is 10.2 Å². The molecule has 3 aromatic carbocycles. The monoisotopic (exact) mass is 494 g/mol. The van der Waals surface area contributed by atoms with Gasteiger partial charge in [0.1, 0.15) is 12.4 Å². The van der Waals surface area contributed by atoms with Gasteiger partial charge in [-0.1, -0.05) is 55.0 Å². The lowest BCUT2D eigenvalue weighted by molar-refractivity contribution is -0.119. The average molecular weight is 495 g/mol. The predicted molar refractivity (Wildman–Crippen MR) is 148 cm³/mol. The van der Waals surface area contributed by atoms with Gasteiger partial charge in [0.15, 0.2) is 0 Å². The van der Waals surface area contributed by atoms with Crippen LogP contribution >= 0.6 is 0 Å². The van der Waals surface area contributed by atoms with Gasteiger partial charge in [0.2, 0.25) is 5.91 Å². The highest BCUT2D eigenvalue weighted by Crippen LogP contribution is 2.27. The lowest BCUT2D eigenvalue weighted by Crippen LogP contribution is -2.38. The highest BCUT2D eigenvalue weighted by molar-refractivity contribution is 5.96. The van der Waals surface area contributed by atoms with Crippen LogP contribution in [0.15, 0.2) is 72.8 Å². The first-order valence-electron chi connectivity index (χ1n) is 13.3. The summed E-state index contributed by atoms with van der Waals surface area (Å²) in [5.41, 5.74) is 5.93. The summed E-state index contributed by atoms with van der Waals surface area (Å²) in [5, 5.41) is 3.03. The van der Waals surface area contributed by atoms with Crippen LogP contribution in [0.3, 0.4) is 0 Å². The minimum Gasteiger partial charge on any atom is -0.352 e. The molecule has 2 heterocycles. The van der Waals surface area contributed by atoms with Gasteiger partial charge in [-0.2, -0.15) is 0 Å². The van der Waals surface area contributed by atoms with E-state index in [0.717, 1.165) is 78.7 Å². The topological polar surface area (TPSA) is 67.2 Å². The van der Waals surface area contributed by atoms with Crippen molar-refractivity contribution in [3.8, 4) is 0 Å². The van der Waals surface area contributed by atoms with Gasteiger partial charge in [-0.05, 0) is 68.0 Å². The van der Waals surface area contributed by atoms with E-state index in [1.165, 1.54) is 5.56 Å². The van der Waals surface area contributed by atoms with Gasteiger partial charge >= 0.3 is 0 Å². The molecule has 1 aliphatic heterocycles. The minimum absolute atomic E-state index is 0.0160. The Morgan fingerprint density at radius 1 is 0.919 bits per heavy atom. The largest absolute Gasteiger partial charge is 0.352 e. The maximum Gasteiger partial charge on any atom is 0.251 e. The van der Waals surface area contributed by atoms with Gasteiger partial charge in [-0.3, -0.25) is 9.59 Å². The number of fused-ring (bicyclic) bond motifs is 2. The number of amides is 2. The summed E-state index contributed by atoms with van der Waals surface area (Å²) >= 11 is 0. The molecule has 1 N–H and O–H groups in total. The zero-order valence-corrected chi connectivity index (χ0v) is 21.5. The van der Waals surface area contributed by atoms with Crippen molar-refractivity contribution in [2.45, 2.75) is 52.0 Å². The molecule has 0 radical (unpaired) electrons. The standard InChI is InChI=1S/C31H34N4O2/c1-23-12-4-6-15-25(23)31(37)32-20-10-2-3-19-29-33-26-16-7-9-18-28(26)35(29)22-30(36)34-21-11-14-24-13-5-8-17-27(24)34/h4-9,12-13,15-18H,2-3,10-11,14,19-22H2,1H3,(H,32,37). The Bertz CT molecular complexity index is 1410. The van der Waals surface area contributed by atoms with Gasteiger partial charge in [0.25, 0.3) is 5.91 Å². The molecule has 0 saturated heterocycles. The molecule has 0 bridgehead atoms. The summed E-state index contributed by atoms with van der Waals surface area (Å²) in [6.45, 7) is 3.65. The van der Waals surface area contributed by atoms with E-state index < -0.39 is 0 Å². The fourth-order valence-corrected chi connectivity index (χ4v) is 5.22. The summed E-state index contributed by atoms with van der Waals surface area (Å²) in [7, 11) is 0. The third-order valence-corrected chi connectivity index (χ3v) is 7.19. The zero-order valence-electron chi connectivity index (χ0n) is 21.5. The fourth-order valence-electron chi connectivity index (χ4n) is 5.22. The normalized spacial score (nSPS) is 12.9. The van der Waals surface area contributed by atoms with Gasteiger partial charge in [-0.25, -0.2) is 4.98 Å². The van der Waals surface area contributed by atoms with Crippen LogP contribution in [-0.2, 0) is 24.2 Å². The molecule has 6 heteroatoms. The summed E-state index contributed by atoms with van der Waals surface area (Å²) < 4.78 is 2.09. The number of para-hydroxylation sites is 3. The van der Waals surface area contributed by atoms with E-state index in [1.807, 2.05) is 72.5 Å². The second-order valence-corrected chi connectivity index (χ2v) is 9.76. The number of anilines is 1. The van der Waals surface area contributed by atoms with Crippen LogP contribution in [0.4, 0.5) is 5.69 Å². The molecular formula is C31H34N4O2. The predicted octanol–water partition coefficient (Wildman–Crippen LogP) is 5.47. The van der Waals surface area contributed by atoms with Crippen molar-refractivity contribution >= 4 is 28.5 Å². The number of nitrogens with one attached hydrogen (secondary N) is 1. The van der Waals surface area contributed by atoms with Crippen LogP contribution in [-0.4, -0.2) is 34.5 Å². The molecule has 0 aliphatic carbocycles. The maximum atomic E-state index is 13.5. The smallest absolute Gasteiger partial charge is 0.251 e. The first-order valence-corrected chi connectivity index (χ1v) is 13.3. The Morgan fingerprint density at radius 2 is 1.70 bits per heavy atom. The van der Waals surface area contributed by atoms with E-state index in [1.54, 1.807) is 0 Å². The molecule has 37 heavy (non-hydrogen) atoms. The minimum atomic E-state index is -0.0160. The quantitative estimate of drug-likeness (QED) is 0.314. The molecular weight excluding hydrogens is 460 g/mol. The highest BCUT2D eigenvalue weighted by atomic mass is 16.2. The number of hydrogen-bond acceptors (Lipinski definition) is 3. The number of nitrogens with zero attached hydrogens (tertiary/aromatic N) is 3. The molecule has 0 unspecified atom stereocenters. The molecule has 4 aromatic rings. The summed E-state index contributed by atoms with van der Waals surface area (Å²) in [6, 6.07) is 23.9. The third kappa shape index (κ3) is 5.58. The highest BCUT2D eigenvalue weighted by Gasteiger charge is 2.23. The van der Waals surface area contributed by atoms with E-state index in [4.69, 9.17) is 4.98 Å². The van der Waals surface area contributed by atoms with Crippen LogP contribution in [0.2, 0.25) is 0 Å². The van der Waals surface area contributed by atoms with Gasteiger partial charge in [0.05, 0.1) is 11.0 Å². The summed E-state index contributed by atoms with van der Waals surface area (Å²) in [5.74, 6) is 1.04. The molecule has 0 saturated carbocycles. The van der Waals surface area contributed by atoms with Gasteiger partial charge < -0.3 is 14.8 Å². The number of rotatable bonds is 9. The Labute approximate surface area is 218 Å². The van der Waals surface area contributed by atoms with Crippen LogP contribution in [0, 0.1) is 6.92 Å². The molecule has 1 aliphatic rings. The van der Waals surface area contributed by atoms with Gasteiger partial charge in [-0.15, -0.1) is 0 Å². The van der Waals surface area contributed by atoms with Crippen molar-refractivity contribution in [1.82, 2.24) is 14.9 Å². The van der Waals surface area contributed by atoms with Crippen molar-refractivity contribution < 1.29 is 9.59 Å². The van der Waals surface area contributed by atoms with E-state index in [9.17, 15) is 9.59 Å². The Hall–Kier alpha value is -3.93. The number of carbonyl (C=O) groups excluding carboxylic acids is 2. The maximum absolute atomic E-state index is 13.5. The number of hydrogen-bond donors (Lipinski definition) is 1. The SMILES string of the molecule is Cc1ccccc1C(=O)NCCCCCc1nc2ccccc2n1CC(=O)N1CCCc2ccccc21. The first-order chi connectivity index (χ1) is 18.1. The number of aryl methyl sites for hydroxylation is 3. The van der Waals surface area contributed by atoms with Crippen molar-refractivity contribution in [3.63, 3.8) is 0 Å². The Kier molecular flexibility index (Phi) is 7.64. The molecule has 0 fully saturated rings. The molecule has 0 spiro atoms. The van der Waals surface area contributed by atoms with Crippen molar-refractivity contribution in [2.24, 2.45) is 0 Å². The second-order valence-electron chi connectivity index (χ2n) is 9.76. The number of benzene rings is 3. The summed E-state index contributed by atoms with van der Waals surface area (Å²) in [6.07, 6.45) is 5.63. The van der Waals surface area contributed by atoms with E-state index in [-0.39, 0.29) is 18.4 Å². The molecule has 2 amide bonds. The van der Waals surface area contributed by atoms with Crippen molar-refractivity contribution in [2.75, 3.05) is 18.0 Å². The van der Waals surface area contributed by atoms with E-state index in [2.05, 4.69) is 22.0 Å². The average Bonchev–Trinajstić information content (AvgIpc) is 3.27. The Balaban J connectivity index is 1.20. The lowest BCUT2D eigenvalue weighted by Gasteiger charge is -2.29. The first kappa shape index (κ1) is 24.8. The van der Waals surface area contributed by atoms with Crippen LogP contribution in [0.1, 0.15) is 53.0 Å².